The molecule has 2 N–H and O–H groups in total. The number of piperidine rings is 2. The van der Waals surface area contributed by atoms with Gasteiger partial charge in [-0.15, -0.1) is 0 Å². The predicted octanol–water partition coefficient (Wildman–Crippen LogP) is 11.5. The van der Waals surface area contributed by atoms with Crippen LogP contribution >= 0.6 is 0 Å². The quantitative estimate of drug-likeness (QED) is 0.0578. The Labute approximate surface area is 463 Å². The summed E-state index contributed by atoms with van der Waals surface area (Å²) in [6, 6.07) is 13.8. The molecule has 4 fully saturated rings. The Morgan fingerprint density at radius 2 is 1.44 bits per heavy atom. The number of fused-ring (bicyclic) bond motifs is 3. The van der Waals surface area contributed by atoms with Crippen molar-refractivity contribution >= 4 is 56.5 Å². The number of unbranched alkanes of at least 4 members (excludes halogenated alkanes) is 1. The number of hydrogen-bond donors (Lipinski definition) is 2. The summed E-state index contributed by atoms with van der Waals surface area (Å²) in [5.74, 6) is 1.86. The number of nitrogens with one attached hydrogen (secondary N) is 2. The molecule has 2 spiro atoms. The monoisotopic (exact) mass is 1100 g/mol. The van der Waals surface area contributed by atoms with Gasteiger partial charge in [0, 0.05) is 113 Å². The lowest BCUT2D eigenvalue weighted by atomic mass is 9.68. The Hall–Kier alpha value is -7.51. The molecule has 0 saturated carbocycles. The summed E-state index contributed by atoms with van der Waals surface area (Å²) >= 11 is 0. The van der Waals surface area contributed by atoms with Crippen molar-refractivity contribution in [1.29, 1.82) is 0 Å². The molecule has 4 aromatic carbocycles. The molecular formula is C61H69F2N7O10. The summed E-state index contributed by atoms with van der Waals surface area (Å²) in [6.07, 6.45) is 8.97. The predicted molar refractivity (Wildman–Crippen MR) is 299 cm³/mol. The van der Waals surface area contributed by atoms with Gasteiger partial charge in [0.2, 0.25) is 17.7 Å². The summed E-state index contributed by atoms with van der Waals surface area (Å²) in [6.45, 7) is 13.3. The van der Waals surface area contributed by atoms with Crippen LogP contribution in [0.1, 0.15) is 100 Å². The average Bonchev–Trinajstić information content (AvgIpc) is 3.30. The molecule has 17 nitrogen and oxygen atoms in total. The van der Waals surface area contributed by atoms with Crippen LogP contribution in [0.2, 0.25) is 0 Å². The lowest BCUT2D eigenvalue weighted by molar-refractivity contribution is -0.211. The molecule has 11 rings (SSSR count). The van der Waals surface area contributed by atoms with Crippen molar-refractivity contribution in [3.63, 3.8) is 0 Å². The number of hydrogen-bond acceptors (Lipinski definition) is 14. The van der Waals surface area contributed by atoms with Crippen LogP contribution in [0.15, 0.2) is 65.9 Å². The van der Waals surface area contributed by atoms with Crippen molar-refractivity contribution in [2.75, 3.05) is 85.3 Å². The minimum Gasteiger partial charge on any atom is -0.493 e. The number of aromatic nitrogens is 3. The maximum absolute atomic E-state index is 17.0. The largest absolute Gasteiger partial charge is 0.493 e. The topological polar surface area (TPSA) is 180 Å². The first-order valence-electron chi connectivity index (χ1n) is 27.7. The average molecular weight is 1100 g/mol. The van der Waals surface area contributed by atoms with Crippen molar-refractivity contribution in [1.82, 2.24) is 24.8 Å². The van der Waals surface area contributed by atoms with E-state index in [4.69, 9.17) is 37.9 Å². The number of aromatic amines is 1. The van der Waals surface area contributed by atoms with E-state index >= 15 is 8.78 Å². The van der Waals surface area contributed by atoms with E-state index < -0.39 is 11.6 Å². The van der Waals surface area contributed by atoms with Crippen molar-refractivity contribution in [2.45, 2.75) is 91.6 Å². The number of aryl methyl sites for hydroxylation is 1. The highest BCUT2D eigenvalue weighted by Gasteiger charge is 2.52. The Morgan fingerprint density at radius 3 is 2.12 bits per heavy atom. The standard InChI is InChI=1S/C61H69F2N7O10/c1-36(2)67-41-12-14-46(56(62)37(41)3)80-59-40-29-49(74-6)51(31-44(40)65-35-66-59)77-27-9-11-53(72)70-24-19-61(20-25-70)34-78-58(61)54-38(4)68-42-13-15-47(57(63)55(42)54)79-45-16-21-64-43-30-50(48(73-5)28-39(43)45)76-26-8-7-10-52(71)69-22-17-60(18-23-69)32-75-33-60/h12-16,28-31,35,58,64,68H,7-11,17-27,32-34H2,1-6H3. The molecule has 19 heteroatoms. The smallest absolute Gasteiger partial charge is 0.230 e. The molecule has 7 heterocycles. The first kappa shape index (κ1) is 54.4. The van der Waals surface area contributed by atoms with Gasteiger partial charge < -0.3 is 58.0 Å². The number of carbonyl (C=O) groups excluding carboxylic acids is 2. The van der Waals surface area contributed by atoms with Gasteiger partial charge in [0.05, 0.1) is 69.9 Å². The highest BCUT2D eigenvalue weighted by atomic mass is 19.1. The van der Waals surface area contributed by atoms with E-state index in [0.717, 1.165) is 68.2 Å². The van der Waals surface area contributed by atoms with Crippen LogP contribution in [0.3, 0.4) is 0 Å². The van der Waals surface area contributed by atoms with E-state index in [1.165, 1.54) is 19.5 Å². The third kappa shape index (κ3) is 10.8. The Morgan fingerprint density at radius 1 is 0.762 bits per heavy atom. The molecule has 5 aliphatic heterocycles. The number of ether oxygens (including phenoxy) is 8. The summed E-state index contributed by atoms with van der Waals surface area (Å²) < 4.78 is 80.4. The molecule has 0 aliphatic carbocycles. The number of aliphatic imine (C=N–C) groups is 1. The Balaban J connectivity index is 0.679. The molecule has 0 bridgehead atoms. The zero-order valence-electron chi connectivity index (χ0n) is 46.4. The van der Waals surface area contributed by atoms with Gasteiger partial charge in [-0.05, 0) is 115 Å². The van der Waals surface area contributed by atoms with Crippen LogP contribution < -0.4 is 33.7 Å². The molecule has 1 unspecified atom stereocenters. The second-order valence-corrected chi connectivity index (χ2v) is 22.0. The second-order valence-electron chi connectivity index (χ2n) is 22.0. The van der Waals surface area contributed by atoms with Gasteiger partial charge in [-0.2, -0.15) is 0 Å². The van der Waals surface area contributed by atoms with E-state index in [1.54, 1.807) is 38.3 Å². The maximum Gasteiger partial charge on any atom is 0.230 e. The summed E-state index contributed by atoms with van der Waals surface area (Å²) in [7, 11) is 3.10. The van der Waals surface area contributed by atoms with Crippen molar-refractivity contribution < 1.29 is 56.3 Å². The zero-order valence-corrected chi connectivity index (χ0v) is 46.4. The van der Waals surface area contributed by atoms with Crippen LogP contribution in [0, 0.1) is 36.3 Å². The maximum atomic E-state index is 17.0. The number of amides is 2. The summed E-state index contributed by atoms with van der Waals surface area (Å²) in [5.41, 5.74) is 5.94. The number of halogens is 2. The fraction of sp³-hybridized carbons (Fsp3) is 0.459. The SMILES string of the molecule is COc1cc2c(cc1OCCCCC(=O)N1CCC3(CC1)COC3)NCC=C2Oc1ccc2[nH]c(C)c(C3OCC34CCN(C(=O)CCCOc3cc5ncnc(Oc6ccc(N=C(C)C)c(C)c6F)c5cc3OC)CC4)c2c1F. The van der Waals surface area contributed by atoms with Crippen LogP contribution in [-0.2, 0) is 19.1 Å². The van der Waals surface area contributed by atoms with Gasteiger partial charge >= 0.3 is 0 Å². The van der Waals surface area contributed by atoms with E-state index in [1.807, 2.05) is 54.8 Å². The third-order valence-electron chi connectivity index (χ3n) is 16.5. The van der Waals surface area contributed by atoms with E-state index in [0.29, 0.717) is 138 Å². The van der Waals surface area contributed by atoms with Crippen LogP contribution in [0.4, 0.5) is 20.2 Å². The minimum absolute atomic E-state index is 0.00669. The van der Waals surface area contributed by atoms with Crippen LogP contribution in [0.5, 0.6) is 40.4 Å². The van der Waals surface area contributed by atoms with E-state index in [2.05, 4.69) is 25.3 Å². The van der Waals surface area contributed by atoms with Crippen molar-refractivity contribution in [3.8, 4) is 40.4 Å². The zero-order chi connectivity index (χ0) is 55.7. The lowest BCUT2D eigenvalue weighted by Gasteiger charge is -2.53. The number of carbonyl (C=O) groups is 2. The Bertz CT molecular complexity index is 3390. The molecule has 4 saturated heterocycles. The van der Waals surface area contributed by atoms with Crippen molar-refractivity contribution in [3.05, 3.63) is 95.0 Å². The van der Waals surface area contributed by atoms with Gasteiger partial charge in [-0.1, -0.05) is 0 Å². The molecule has 1 atom stereocenters. The molecule has 80 heavy (non-hydrogen) atoms. The number of nitrogens with zero attached hydrogens (tertiary/aromatic N) is 5. The minimum atomic E-state index is -0.534. The van der Waals surface area contributed by atoms with Crippen LogP contribution in [-0.4, -0.2) is 122 Å². The number of H-pyrrole nitrogens is 1. The number of benzene rings is 4. The molecule has 6 aromatic rings. The lowest BCUT2D eigenvalue weighted by Crippen LogP contribution is -2.53. The van der Waals surface area contributed by atoms with Gasteiger partial charge in [0.15, 0.2) is 46.1 Å². The highest BCUT2D eigenvalue weighted by Crippen LogP contribution is 2.56. The fourth-order valence-corrected chi connectivity index (χ4v) is 11.7. The molecular weight excluding hydrogens is 1030 g/mol. The molecule has 2 aromatic heterocycles. The van der Waals surface area contributed by atoms with Crippen LogP contribution in [0.25, 0.3) is 27.6 Å². The molecule has 2 amide bonds. The van der Waals surface area contributed by atoms with Gasteiger partial charge in [0.1, 0.15) is 12.1 Å². The summed E-state index contributed by atoms with van der Waals surface area (Å²) in [4.78, 5) is 46.9. The fourth-order valence-electron chi connectivity index (χ4n) is 11.7. The van der Waals surface area contributed by atoms with E-state index in [-0.39, 0.29) is 53.7 Å². The van der Waals surface area contributed by atoms with Gasteiger partial charge in [-0.3, -0.25) is 14.6 Å². The van der Waals surface area contributed by atoms with E-state index in [9.17, 15) is 9.59 Å². The van der Waals surface area contributed by atoms with Gasteiger partial charge in [0.25, 0.3) is 0 Å². The molecule has 5 aliphatic rings. The number of likely N-dealkylation sites (tertiary alicyclic amines) is 2. The second kappa shape index (κ2) is 22.9. The van der Waals surface area contributed by atoms with Crippen molar-refractivity contribution in [2.24, 2.45) is 15.8 Å². The molecule has 0 radical (unpaired) electrons. The first-order valence-corrected chi connectivity index (χ1v) is 27.7. The normalized spacial score (nSPS) is 17.9. The third-order valence-corrected chi connectivity index (χ3v) is 16.5. The number of anilines is 1. The highest BCUT2D eigenvalue weighted by molar-refractivity contribution is 5.89. The number of rotatable bonds is 19. The molecule has 422 valence electrons. The Kier molecular flexibility index (Phi) is 15.6. The van der Waals surface area contributed by atoms with Gasteiger partial charge in [-0.25, -0.2) is 18.7 Å². The number of methoxy groups -OCH3 is 2. The summed E-state index contributed by atoms with van der Waals surface area (Å²) in [5, 5.41) is 4.32. The first-order chi connectivity index (χ1) is 38.8.